The molecule has 0 aliphatic carbocycles. The molecule has 0 saturated heterocycles. The predicted octanol–water partition coefficient (Wildman–Crippen LogP) is 3.78. The zero-order chi connectivity index (χ0) is 19.3. The quantitative estimate of drug-likeness (QED) is 0.753. The summed E-state index contributed by atoms with van der Waals surface area (Å²) < 4.78 is 21.6. The summed E-state index contributed by atoms with van der Waals surface area (Å²) in [7, 11) is 6.38. The van der Waals surface area contributed by atoms with E-state index in [0.29, 0.717) is 34.2 Å². The molecule has 0 bridgehead atoms. The van der Waals surface area contributed by atoms with E-state index in [4.69, 9.17) is 18.9 Å². The maximum Gasteiger partial charge on any atom is 0.258 e. The molecule has 0 aromatic heterocycles. The third-order valence-electron chi connectivity index (χ3n) is 3.83. The van der Waals surface area contributed by atoms with E-state index in [1.54, 1.807) is 69.7 Å². The van der Waals surface area contributed by atoms with Gasteiger partial charge in [0.05, 0.1) is 27.4 Å². The number of anilines is 1. The van der Waals surface area contributed by atoms with E-state index in [9.17, 15) is 4.79 Å². The number of carbonyl (C=O) groups is 1. The lowest BCUT2D eigenvalue weighted by atomic mass is 10.1. The Balaban J connectivity index is 2.30. The van der Waals surface area contributed by atoms with Gasteiger partial charge in [-0.25, -0.2) is 0 Å². The molecular weight excluding hydrogens is 334 g/mol. The second-order valence-corrected chi connectivity index (χ2v) is 5.94. The maximum atomic E-state index is 12.9. The lowest BCUT2D eigenvalue weighted by molar-refractivity contribution is 0.0992. The second kappa shape index (κ2) is 8.47. The fourth-order valence-corrected chi connectivity index (χ4v) is 2.50. The van der Waals surface area contributed by atoms with Crippen molar-refractivity contribution in [3.63, 3.8) is 0 Å². The van der Waals surface area contributed by atoms with Crippen molar-refractivity contribution >= 4 is 11.6 Å². The SMILES string of the molecule is COc1ccc(N(C)C(=O)c2ccc(OC(C)C)c(OC)c2)cc1OC. The summed E-state index contributed by atoms with van der Waals surface area (Å²) in [5.74, 6) is 2.11. The van der Waals surface area contributed by atoms with Gasteiger partial charge in [0.2, 0.25) is 0 Å². The van der Waals surface area contributed by atoms with Crippen LogP contribution >= 0.6 is 0 Å². The summed E-state index contributed by atoms with van der Waals surface area (Å²) in [5, 5.41) is 0. The van der Waals surface area contributed by atoms with E-state index in [0.717, 1.165) is 0 Å². The minimum absolute atomic E-state index is 0.0138. The standard InChI is InChI=1S/C20H25NO5/c1-13(2)26-17-9-7-14(11-18(17)24-5)20(22)21(3)15-8-10-16(23-4)19(12-15)25-6/h7-13H,1-6H3. The molecule has 2 aromatic carbocycles. The van der Waals surface area contributed by atoms with Crippen LogP contribution in [0.15, 0.2) is 36.4 Å². The molecule has 0 saturated carbocycles. The van der Waals surface area contributed by atoms with Crippen LogP contribution in [0.2, 0.25) is 0 Å². The fraction of sp³-hybridized carbons (Fsp3) is 0.350. The van der Waals surface area contributed by atoms with Gasteiger partial charge in [0.1, 0.15) is 0 Å². The molecule has 0 aliphatic rings. The number of ether oxygens (including phenoxy) is 4. The van der Waals surface area contributed by atoms with Gasteiger partial charge >= 0.3 is 0 Å². The Bertz CT molecular complexity index is 773. The van der Waals surface area contributed by atoms with Crippen LogP contribution in [0.4, 0.5) is 5.69 Å². The van der Waals surface area contributed by atoms with Crippen molar-refractivity contribution in [3.05, 3.63) is 42.0 Å². The van der Waals surface area contributed by atoms with E-state index in [1.165, 1.54) is 0 Å². The number of rotatable bonds is 7. The van der Waals surface area contributed by atoms with Gasteiger partial charge in [0.15, 0.2) is 23.0 Å². The number of benzene rings is 2. The number of hydrogen-bond acceptors (Lipinski definition) is 5. The largest absolute Gasteiger partial charge is 0.493 e. The Morgan fingerprint density at radius 1 is 0.846 bits per heavy atom. The smallest absolute Gasteiger partial charge is 0.258 e. The van der Waals surface area contributed by atoms with Gasteiger partial charge in [0.25, 0.3) is 5.91 Å². The normalized spacial score (nSPS) is 10.4. The molecule has 140 valence electrons. The topological polar surface area (TPSA) is 57.2 Å². The molecular formula is C20H25NO5. The third-order valence-corrected chi connectivity index (χ3v) is 3.83. The lowest BCUT2D eigenvalue weighted by Gasteiger charge is -2.20. The highest BCUT2D eigenvalue weighted by Crippen LogP contribution is 2.33. The molecule has 0 N–H and O–H groups in total. The predicted molar refractivity (Wildman–Crippen MR) is 101 cm³/mol. The van der Waals surface area contributed by atoms with Crippen LogP contribution in [0.5, 0.6) is 23.0 Å². The average molecular weight is 359 g/mol. The van der Waals surface area contributed by atoms with Crippen molar-refractivity contribution in [2.75, 3.05) is 33.3 Å². The second-order valence-electron chi connectivity index (χ2n) is 5.94. The first-order chi connectivity index (χ1) is 12.4. The Morgan fingerprint density at radius 2 is 1.42 bits per heavy atom. The number of hydrogen-bond donors (Lipinski definition) is 0. The van der Waals surface area contributed by atoms with Crippen LogP contribution in [0, 0.1) is 0 Å². The third kappa shape index (κ3) is 4.20. The summed E-state index contributed by atoms with van der Waals surface area (Å²) in [5.41, 5.74) is 1.18. The molecule has 0 unspecified atom stereocenters. The van der Waals surface area contributed by atoms with E-state index >= 15 is 0 Å². The van der Waals surface area contributed by atoms with Crippen molar-refractivity contribution in [1.82, 2.24) is 0 Å². The van der Waals surface area contributed by atoms with Crippen LogP contribution in [0.25, 0.3) is 0 Å². The first-order valence-corrected chi connectivity index (χ1v) is 8.26. The van der Waals surface area contributed by atoms with E-state index in [1.807, 2.05) is 13.8 Å². The molecule has 6 nitrogen and oxygen atoms in total. The van der Waals surface area contributed by atoms with Gasteiger partial charge in [-0.2, -0.15) is 0 Å². The van der Waals surface area contributed by atoms with Crippen LogP contribution in [-0.4, -0.2) is 40.4 Å². The van der Waals surface area contributed by atoms with Gasteiger partial charge in [-0.3, -0.25) is 4.79 Å². The number of methoxy groups -OCH3 is 3. The molecule has 0 atom stereocenters. The Labute approximate surface area is 154 Å². The monoisotopic (exact) mass is 359 g/mol. The van der Waals surface area contributed by atoms with Crippen LogP contribution in [-0.2, 0) is 0 Å². The van der Waals surface area contributed by atoms with E-state index in [2.05, 4.69) is 0 Å². The van der Waals surface area contributed by atoms with Crippen molar-refractivity contribution in [1.29, 1.82) is 0 Å². The van der Waals surface area contributed by atoms with Crippen LogP contribution < -0.4 is 23.8 Å². The fourth-order valence-electron chi connectivity index (χ4n) is 2.50. The van der Waals surface area contributed by atoms with E-state index < -0.39 is 0 Å². The zero-order valence-electron chi connectivity index (χ0n) is 16.0. The Hall–Kier alpha value is -2.89. The Kier molecular flexibility index (Phi) is 6.33. The van der Waals surface area contributed by atoms with Gasteiger partial charge in [-0.1, -0.05) is 0 Å². The highest BCUT2D eigenvalue weighted by Gasteiger charge is 2.18. The molecule has 0 fully saturated rings. The van der Waals surface area contributed by atoms with Crippen molar-refractivity contribution in [3.8, 4) is 23.0 Å². The van der Waals surface area contributed by atoms with E-state index in [-0.39, 0.29) is 12.0 Å². The Morgan fingerprint density at radius 3 is 2.00 bits per heavy atom. The van der Waals surface area contributed by atoms with Crippen LogP contribution in [0.1, 0.15) is 24.2 Å². The van der Waals surface area contributed by atoms with Gasteiger partial charge in [0, 0.05) is 24.4 Å². The average Bonchev–Trinajstić information content (AvgIpc) is 2.66. The van der Waals surface area contributed by atoms with Crippen molar-refractivity contribution in [2.45, 2.75) is 20.0 Å². The minimum atomic E-state index is -0.174. The molecule has 26 heavy (non-hydrogen) atoms. The first-order valence-electron chi connectivity index (χ1n) is 8.26. The summed E-state index contributed by atoms with van der Waals surface area (Å²) in [4.78, 5) is 14.4. The molecule has 0 radical (unpaired) electrons. The molecule has 0 spiro atoms. The lowest BCUT2D eigenvalue weighted by Crippen LogP contribution is -2.26. The maximum absolute atomic E-state index is 12.9. The summed E-state index contributed by atoms with van der Waals surface area (Å²) in [6, 6.07) is 10.5. The first kappa shape index (κ1) is 19.4. The highest BCUT2D eigenvalue weighted by molar-refractivity contribution is 6.06. The number of nitrogens with zero attached hydrogens (tertiary/aromatic N) is 1. The molecule has 1 amide bonds. The number of amides is 1. The molecule has 2 aromatic rings. The summed E-state index contributed by atoms with van der Waals surface area (Å²) in [6.45, 7) is 3.87. The van der Waals surface area contributed by atoms with Crippen LogP contribution in [0.3, 0.4) is 0 Å². The molecule has 0 heterocycles. The van der Waals surface area contributed by atoms with Crippen molar-refractivity contribution < 1.29 is 23.7 Å². The minimum Gasteiger partial charge on any atom is -0.493 e. The van der Waals surface area contributed by atoms with Gasteiger partial charge in [-0.05, 0) is 44.2 Å². The highest BCUT2D eigenvalue weighted by atomic mass is 16.5. The molecule has 2 rings (SSSR count). The molecule has 0 aliphatic heterocycles. The van der Waals surface area contributed by atoms with Crippen molar-refractivity contribution in [2.24, 2.45) is 0 Å². The summed E-state index contributed by atoms with van der Waals surface area (Å²) >= 11 is 0. The zero-order valence-corrected chi connectivity index (χ0v) is 16.0. The summed E-state index contributed by atoms with van der Waals surface area (Å²) in [6.07, 6.45) is 0.0138. The molecule has 6 heteroatoms. The van der Waals surface area contributed by atoms with Gasteiger partial charge in [-0.15, -0.1) is 0 Å². The van der Waals surface area contributed by atoms with Gasteiger partial charge < -0.3 is 23.8 Å². The number of carbonyl (C=O) groups excluding carboxylic acids is 1.